The van der Waals surface area contributed by atoms with E-state index in [1.165, 1.54) is 18.2 Å². The molecule has 1 aliphatic carbocycles. The van der Waals surface area contributed by atoms with Crippen LogP contribution in [-0.4, -0.2) is 11.9 Å². The van der Waals surface area contributed by atoms with Gasteiger partial charge in [0.25, 0.3) is 0 Å². The Kier molecular flexibility index (Phi) is 6.68. The lowest BCUT2D eigenvalue weighted by molar-refractivity contribution is -0.138. The van der Waals surface area contributed by atoms with Crippen LogP contribution in [0.2, 0.25) is 0 Å². The number of hydrogen-bond donors (Lipinski definition) is 2. The monoisotopic (exact) mass is 336 g/mol. The molecule has 0 saturated heterocycles. The van der Waals surface area contributed by atoms with Crippen molar-refractivity contribution in [2.75, 3.05) is 0 Å². The average molecular weight is 337 g/mol. The molecule has 3 N–H and O–H groups in total. The average Bonchev–Trinajstić information content (AvgIpc) is 2.81. The van der Waals surface area contributed by atoms with E-state index in [1.54, 1.807) is 0 Å². The van der Waals surface area contributed by atoms with Crippen LogP contribution < -0.4 is 11.1 Å². The first-order valence-electron chi connectivity index (χ1n) is 7.05. The molecule has 0 aliphatic heterocycles. The molecule has 3 nitrogen and oxygen atoms in total. The zero-order valence-electron chi connectivity index (χ0n) is 12.0. The molecular formula is C15H20ClF3N2O. The number of benzene rings is 1. The minimum atomic E-state index is -4.41. The van der Waals surface area contributed by atoms with Gasteiger partial charge in [0.2, 0.25) is 5.91 Å². The highest BCUT2D eigenvalue weighted by molar-refractivity contribution is 5.85. The number of halogens is 4. The summed E-state index contributed by atoms with van der Waals surface area (Å²) in [5.74, 6) is -0.0998. The van der Waals surface area contributed by atoms with Gasteiger partial charge in [-0.25, -0.2) is 0 Å². The first-order valence-corrected chi connectivity index (χ1v) is 7.05. The maximum atomic E-state index is 12.8. The molecule has 1 fully saturated rings. The van der Waals surface area contributed by atoms with Crippen molar-refractivity contribution in [2.45, 2.75) is 44.4 Å². The van der Waals surface area contributed by atoms with Gasteiger partial charge in [-0.1, -0.05) is 24.6 Å². The van der Waals surface area contributed by atoms with Gasteiger partial charge in [0.15, 0.2) is 0 Å². The zero-order valence-corrected chi connectivity index (χ0v) is 12.8. The third-order valence-corrected chi connectivity index (χ3v) is 3.96. The molecule has 2 atom stereocenters. The summed E-state index contributed by atoms with van der Waals surface area (Å²) in [7, 11) is 0. The smallest absolute Gasteiger partial charge is 0.352 e. The highest BCUT2D eigenvalue weighted by Crippen LogP contribution is 2.32. The van der Waals surface area contributed by atoms with E-state index < -0.39 is 11.7 Å². The number of alkyl halides is 3. The Bertz CT molecular complexity index is 508. The van der Waals surface area contributed by atoms with Crippen LogP contribution in [-0.2, 0) is 17.5 Å². The molecule has 1 saturated carbocycles. The molecule has 0 aromatic heterocycles. The van der Waals surface area contributed by atoms with Crippen molar-refractivity contribution in [1.29, 1.82) is 0 Å². The lowest BCUT2D eigenvalue weighted by Gasteiger charge is -2.16. The van der Waals surface area contributed by atoms with Crippen LogP contribution in [0.5, 0.6) is 0 Å². The summed E-state index contributed by atoms with van der Waals surface area (Å²) in [5.41, 5.74) is 5.26. The van der Waals surface area contributed by atoms with Gasteiger partial charge in [0.05, 0.1) is 5.56 Å². The fraction of sp³-hybridized carbons (Fsp3) is 0.533. The van der Waals surface area contributed by atoms with Gasteiger partial charge >= 0.3 is 6.18 Å². The summed E-state index contributed by atoms with van der Waals surface area (Å²) in [5, 5.41) is 2.56. The molecule has 0 bridgehead atoms. The molecule has 1 aromatic carbocycles. The number of rotatable bonds is 4. The van der Waals surface area contributed by atoms with Crippen LogP contribution in [0.1, 0.15) is 36.8 Å². The lowest BCUT2D eigenvalue weighted by atomic mass is 10.00. The molecule has 22 heavy (non-hydrogen) atoms. The molecule has 0 unspecified atom stereocenters. The number of nitrogens with two attached hydrogens (primary N) is 1. The van der Waals surface area contributed by atoms with Gasteiger partial charge in [-0.15, -0.1) is 12.4 Å². The molecule has 0 heterocycles. The van der Waals surface area contributed by atoms with Gasteiger partial charge in [-0.3, -0.25) is 4.79 Å². The largest absolute Gasteiger partial charge is 0.416 e. The maximum Gasteiger partial charge on any atom is 0.416 e. The molecule has 7 heteroatoms. The Hall–Kier alpha value is -1.27. The fourth-order valence-corrected chi connectivity index (χ4v) is 2.77. The number of carbonyl (C=O) groups is 1. The van der Waals surface area contributed by atoms with E-state index in [2.05, 4.69) is 5.32 Å². The minimum absolute atomic E-state index is 0. The topological polar surface area (TPSA) is 55.1 Å². The van der Waals surface area contributed by atoms with Crippen LogP contribution in [0.4, 0.5) is 13.2 Å². The summed E-state index contributed by atoms with van der Waals surface area (Å²) in [4.78, 5) is 11.8. The molecule has 1 aromatic rings. The third kappa shape index (κ3) is 4.88. The number of carbonyl (C=O) groups excluding carboxylic acids is 1. The van der Waals surface area contributed by atoms with Crippen LogP contribution in [0, 0.1) is 5.92 Å². The van der Waals surface area contributed by atoms with E-state index in [4.69, 9.17) is 5.73 Å². The molecule has 0 spiro atoms. The second-order valence-corrected chi connectivity index (χ2v) is 5.49. The molecule has 0 radical (unpaired) electrons. The van der Waals surface area contributed by atoms with E-state index in [9.17, 15) is 18.0 Å². The van der Waals surface area contributed by atoms with Crippen molar-refractivity contribution in [3.63, 3.8) is 0 Å². The van der Waals surface area contributed by atoms with E-state index in [0.29, 0.717) is 0 Å². The van der Waals surface area contributed by atoms with E-state index >= 15 is 0 Å². The standard InChI is InChI=1S/C15H19F3N2O.ClH/c16-15(17,18)12-6-2-1-4-11(12)9-20-14(21)8-10-5-3-7-13(10)19;/h1-2,4,6,10,13H,3,5,7-9,19H2,(H,20,21);1H/t10-,13+;/m0./s1. The van der Waals surface area contributed by atoms with Crippen molar-refractivity contribution in [1.82, 2.24) is 5.32 Å². The van der Waals surface area contributed by atoms with E-state index in [0.717, 1.165) is 25.3 Å². The SMILES string of the molecule is Cl.N[C@@H]1CCC[C@H]1CC(=O)NCc1ccccc1C(F)(F)F. The summed E-state index contributed by atoms with van der Waals surface area (Å²) >= 11 is 0. The Balaban J connectivity index is 0.00000242. The second-order valence-electron chi connectivity index (χ2n) is 5.49. The van der Waals surface area contributed by atoms with Crippen LogP contribution in [0.3, 0.4) is 0 Å². The van der Waals surface area contributed by atoms with E-state index in [-0.39, 0.29) is 48.8 Å². The normalized spacial score (nSPS) is 21.3. The van der Waals surface area contributed by atoms with Crippen molar-refractivity contribution >= 4 is 18.3 Å². The van der Waals surface area contributed by atoms with Crippen molar-refractivity contribution in [2.24, 2.45) is 11.7 Å². The van der Waals surface area contributed by atoms with Crippen LogP contribution >= 0.6 is 12.4 Å². The van der Waals surface area contributed by atoms with Gasteiger partial charge in [-0.2, -0.15) is 13.2 Å². The lowest BCUT2D eigenvalue weighted by Crippen LogP contribution is -2.31. The predicted molar refractivity (Wildman–Crippen MR) is 80.5 cm³/mol. The number of nitrogens with one attached hydrogen (secondary N) is 1. The van der Waals surface area contributed by atoms with Crippen LogP contribution in [0.15, 0.2) is 24.3 Å². The first kappa shape index (κ1) is 18.8. The summed E-state index contributed by atoms with van der Waals surface area (Å²) in [6.45, 7) is -0.115. The Morgan fingerprint density at radius 3 is 2.55 bits per heavy atom. The molecule has 1 amide bonds. The molecule has 1 aliphatic rings. The Morgan fingerprint density at radius 1 is 1.27 bits per heavy atom. The number of hydrogen-bond acceptors (Lipinski definition) is 2. The van der Waals surface area contributed by atoms with Gasteiger partial charge < -0.3 is 11.1 Å². The quantitative estimate of drug-likeness (QED) is 0.886. The summed E-state index contributed by atoms with van der Waals surface area (Å²) in [6, 6.07) is 5.30. The minimum Gasteiger partial charge on any atom is -0.352 e. The summed E-state index contributed by atoms with van der Waals surface area (Å²) in [6.07, 6.45) is -1.29. The molecule has 124 valence electrons. The first-order chi connectivity index (χ1) is 9.88. The maximum absolute atomic E-state index is 12.8. The highest BCUT2D eigenvalue weighted by atomic mass is 35.5. The summed E-state index contributed by atoms with van der Waals surface area (Å²) < 4.78 is 38.5. The number of amides is 1. The third-order valence-electron chi connectivity index (χ3n) is 3.96. The van der Waals surface area contributed by atoms with Gasteiger partial charge in [0, 0.05) is 19.0 Å². The van der Waals surface area contributed by atoms with Gasteiger partial charge in [-0.05, 0) is 30.4 Å². The predicted octanol–water partition coefficient (Wildman–Crippen LogP) is 3.26. The van der Waals surface area contributed by atoms with Crippen molar-refractivity contribution in [3.8, 4) is 0 Å². The van der Waals surface area contributed by atoms with Crippen LogP contribution in [0.25, 0.3) is 0 Å². The zero-order chi connectivity index (χ0) is 15.5. The fourth-order valence-electron chi connectivity index (χ4n) is 2.77. The van der Waals surface area contributed by atoms with E-state index in [1.807, 2.05) is 0 Å². The second kappa shape index (κ2) is 7.83. The highest BCUT2D eigenvalue weighted by Gasteiger charge is 2.33. The molecular weight excluding hydrogens is 317 g/mol. The van der Waals surface area contributed by atoms with Crippen molar-refractivity contribution < 1.29 is 18.0 Å². The van der Waals surface area contributed by atoms with Gasteiger partial charge in [0.1, 0.15) is 0 Å². The Labute approximate surface area is 133 Å². The Morgan fingerprint density at radius 2 is 1.95 bits per heavy atom. The molecule has 2 rings (SSSR count). The van der Waals surface area contributed by atoms with Crippen molar-refractivity contribution in [3.05, 3.63) is 35.4 Å².